The summed E-state index contributed by atoms with van der Waals surface area (Å²) in [6.45, 7) is 4.89. The molecule has 0 aliphatic heterocycles. The molecule has 0 saturated carbocycles. The van der Waals surface area contributed by atoms with Crippen LogP contribution in [0.15, 0.2) is 9.42 Å². The monoisotopic (exact) mass is 353 g/mol. The number of aryl methyl sites for hydroxylation is 2. The highest BCUT2D eigenvalue weighted by molar-refractivity contribution is 7.89. The average Bonchev–Trinajstić information content (AvgIpc) is 3.01. The van der Waals surface area contributed by atoms with Crippen LogP contribution >= 0.6 is 0 Å². The van der Waals surface area contributed by atoms with Crippen molar-refractivity contribution in [2.24, 2.45) is 0 Å². The van der Waals surface area contributed by atoms with Gasteiger partial charge in [-0.2, -0.15) is 23.3 Å². The van der Waals surface area contributed by atoms with Crippen molar-refractivity contribution in [3.63, 3.8) is 0 Å². The predicted octanol–water partition coefficient (Wildman–Crippen LogP) is 1.40. The zero-order valence-electron chi connectivity index (χ0n) is 12.5. The van der Waals surface area contributed by atoms with E-state index in [1.54, 1.807) is 13.8 Å². The van der Waals surface area contributed by atoms with Crippen LogP contribution in [0.5, 0.6) is 0 Å². The Balaban J connectivity index is 2.20. The van der Waals surface area contributed by atoms with Gasteiger partial charge in [0.2, 0.25) is 10.0 Å². The van der Waals surface area contributed by atoms with E-state index in [-0.39, 0.29) is 4.90 Å². The van der Waals surface area contributed by atoms with E-state index in [9.17, 15) is 21.6 Å². The number of hydrogen-bond donors (Lipinski definition) is 1. The fraction of sp³-hybridized carbons (Fsp3) is 0.545. The largest absolute Gasteiger partial charge is 0.471 e. The summed E-state index contributed by atoms with van der Waals surface area (Å²) in [6, 6.07) is 0. The molecule has 2 aromatic rings. The lowest BCUT2D eigenvalue weighted by Crippen LogP contribution is -2.25. The minimum atomic E-state index is -4.78. The first-order valence-corrected chi connectivity index (χ1v) is 7.98. The van der Waals surface area contributed by atoms with Crippen molar-refractivity contribution >= 4 is 10.0 Å². The topological polar surface area (TPSA) is 103 Å². The number of rotatable bonds is 5. The van der Waals surface area contributed by atoms with Gasteiger partial charge in [-0.3, -0.25) is 4.68 Å². The molecule has 0 aromatic carbocycles. The van der Waals surface area contributed by atoms with Gasteiger partial charge in [-0.05, 0) is 20.8 Å². The second-order valence-corrected chi connectivity index (χ2v) is 6.36. The maximum absolute atomic E-state index is 12.3. The molecule has 1 N–H and O–H groups in total. The molecule has 128 valence electrons. The second kappa shape index (κ2) is 5.92. The fourth-order valence-electron chi connectivity index (χ4n) is 2.05. The summed E-state index contributed by atoms with van der Waals surface area (Å²) in [7, 11) is -3.97. The van der Waals surface area contributed by atoms with Crippen LogP contribution in [-0.2, 0) is 29.3 Å². The van der Waals surface area contributed by atoms with Gasteiger partial charge < -0.3 is 4.52 Å². The quantitative estimate of drug-likeness (QED) is 0.872. The smallest absolute Gasteiger partial charge is 0.329 e. The summed E-state index contributed by atoms with van der Waals surface area (Å²) >= 11 is 0. The minimum absolute atomic E-state index is 0.0149. The van der Waals surface area contributed by atoms with E-state index < -0.39 is 34.5 Å². The van der Waals surface area contributed by atoms with Gasteiger partial charge in [0.1, 0.15) is 4.90 Å². The summed E-state index contributed by atoms with van der Waals surface area (Å²) in [5, 5.41) is 7.18. The third-order valence-corrected chi connectivity index (χ3v) is 4.67. The van der Waals surface area contributed by atoms with Gasteiger partial charge >= 0.3 is 12.1 Å². The lowest BCUT2D eigenvalue weighted by atomic mass is 10.4. The van der Waals surface area contributed by atoms with Crippen molar-refractivity contribution in [2.75, 3.05) is 0 Å². The maximum atomic E-state index is 12.3. The molecule has 2 rings (SSSR count). The van der Waals surface area contributed by atoms with E-state index >= 15 is 0 Å². The van der Waals surface area contributed by atoms with E-state index in [0.29, 0.717) is 17.9 Å². The van der Waals surface area contributed by atoms with Crippen LogP contribution in [0.25, 0.3) is 0 Å². The first kappa shape index (κ1) is 17.4. The molecule has 0 aliphatic rings. The molecular weight excluding hydrogens is 339 g/mol. The molecule has 0 fully saturated rings. The van der Waals surface area contributed by atoms with E-state index in [0.717, 1.165) is 0 Å². The van der Waals surface area contributed by atoms with Crippen LogP contribution in [-0.4, -0.2) is 28.3 Å². The molecule has 2 heterocycles. The molecule has 0 amide bonds. The van der Waals surface area contributed by atoms with E-state index in [1.807, 2.05) is 0 Å². The van der Waals surface area contributed by atoms with E-state index in [4.69, 9.17) is 0 Å². The molecular formula is C11H14F3N5O3S. The summed E-state index contributed by atoms with van der Waals surface area (Å²) in [5.41, 5.74) is 0.725. The van der Waals surface area contributed by atoms with Crippen molar-refractivity contribution in [1.82, 2.24) is 24.6 Å². The third-order valence-electron chi connectivity index (χ3n) is 3.01. The second-order valence-electron chi connectivity index (χ2n) is 4.65. The number of nitrogens with one attached hydrogen (secondary N) is 1. The number of alkyl halides is 3. The van der Waals surface area contributed by atoms with Crippen LogP contribution in [0.1, 0.15) is 30.0 Å². The molecule has 0 saturated heterocycles. The van der Waals surface area contributed by atoms with Gasteiger partial charge in [-0.15, -0.1) is 0 Å². The molecule has 23 heavy (non-hydrogen) atoms. The van der Waals surface area contributed by atoms with E-state index in [2.05, 4.69) is 24.5 Å². The molecule has 0 aliphatic carbocycles. The summed E-state index contributed by atoms with van der Waals surface area (Å²) in [5.74, 6) is -1.95. The Kier molecular flexibility index (Phi) is 4.48. The van der Waals surface area contributed by atoms with Crippen molar-refractivity contribution in [3.05, 3.63) is 23.1 Å². The normalized spacial score (nSPS) is 12.8. The van der Waals surface area contributed by atoms with Gasteiger partial charge in [0.25, 0.3) is 0 Å². The van der Waals surface area contributed by atoms with Crippen LogP contribution in [0.4, 0.5) is 13.2 Å². The molecule has 0 unspecified atom stereocenters. The van der Waals surface area contributed by atoms with Crippen LogP contribution in [0.2, 0.25) is 0 Å². The Morgan fingerprint density at radius 3 is 2.43 bits per heavy atom. The Bertz CT molecular complexity index is 809. The van der Waals surface area contributed by atoms with Crippen LogP contribution < -0.4 is 4.72 Å². The lowest BCUT2D eigenvalue weighted by molar-refractivity contribution is -0.159. The Morgan fingerprint density at radius 1 is 1.30 bits per heavy atom. The van der Waals surface area contributed by atoms with E-state index in [1.165, 1.54) is 11.6 Å². The third kappa shape index (κ3) is 3.52. The number of aromatic nitrogens is 4. The predicted molar refractivity (Wildman–Crippen MR) is 70.7 cm³/mol. The standard InChI is InChI=1S/C11H14F3N5O3S/c1-4-19-7(3)9(6(2)17-19)23(20,21)15-5-8-16-10(22-18-8)11(12,13)14/h15H,4-5H2,1-3H3. The first-order chi connectivity index (χ1) is 10.6. The molecule has 8 nitrogen and oxygen atoms in total. The van der Waals surface area contributed by atoms with Crippen molar-refractivity contribution in [3.8, 4) is 0 Å². The van der Waals surface area contributed by atoms with Gasteiger partial charge in [0.05, 0.1) is 17.9 Å². The highest BCUT2D eigenvalue weighted by atomic mass is 32.2. The summed E-state index contributed by atoms with van der Waals surface area (Å²) in [4.78, 5) is 3.08. The molecule has 0 radical (unpaired) electrons. The van der Waals surface area contributed by atoms with Gasteiger partial charge in [0.15, 0.2) is 5.82 Å². The molecule has 12 heteroatoms. The number of sulfonamides is 1. The molecule has 2 aromatic heterocycles. The van der Waals surface area contributed by atoms with Gasteiger partial charge in [-0.1, -0.05) is 5.16 Å². The zero-order valence-corrected chi connectivity index (χ0v) is 13.3. The Morgan fingerprint density at radius 2 is 1.96 bits per heavy atom. The SMILES string of the molecule is CCn1nc(C)c(S(=O)(=O)NCc2noc(C(F)(F)F)n2)c1C. The van der Waals surface area contributed by atoms with Gasteiger partial charge in [-0.25, -0.2) is 13.1 Å². The highest BCUT2D eigenvalue weighted by Crippen LogP contribution is 2.27. The minimum Gasteiger partial charge on any atom is -0.329 e. The fourth-order valence-corrected chi connectivity index (χ4v) is 3.44. The molecule has 0 bridgehead atoms. The van der Waals surface area contributed by atoms with Crippen molar-refractivity contribution < 1.29 is 26.1 Å². The highest BCUT2D eigenvalue weighted by Gasteiger charge is 2.38. The Labute approximate surface area is 129 Å². The molecule has 0 atom stereocenters. The summed E-state index contributed by atoms with van der Waals surface area (Å²) < 4.78 is 69.3. The average molecular weight is 353 g/mol. The lowest BCUT2D eigenvalue weighted by Gasteiger charge is -2.05. The molecule has 0 spiro atoms. The van der Waals surface area contributed by atoms with Gasteiger partial charge in [0, 0.05) is 6.54 Å². The van der Waals surface area contributed by atoms with Crippen molar-refractivity contribution in [1.29, 1.82) is 0 Å². The maximum Gasteiger partial charge on any atom is 0.471 e. The van der Waals surface area contributed by atoms with Crippen LogP contribution in [0, 0.1) is 13.8 Å². The number of nitrogens with zero attached hydrogens (tertiary/aromatic N) is 4. The number of hydrogen-bond acceptors (Lipinski definition) is 6. The van der Waals surface area contributed by atoms with Crippen LogP contribution in [0.3, 0.4) is 0 Å². The Hall–Kier alpha value is -1.95. The van der Waals surface area contributed by atoms with Crippen molar-refractivity contribution in [2.45, 2.75) is 44.9 Å². The zero-order chi connectivity index (χ0) is 17.4. The number of halogens is 3. The summed E-state index contributed by atoms with van der Waals surface area (Å²) in [6.07, 6.45) is -4.78. The first-order valence-electron chi connectivity index (χ1n) is 6.49.